The van der Waals surface area contributed by atoms with E-state index in [4.69, 9.17) is 21.1 Å². The average Bonchev–Trinajstić information content (AvgIpc) is 3.02. The van der Waals surface area contributed by atoms with Gasteiger partial charge in [-0.1, -0.05) is 41.9 Å². The first kappa shape index (κ1) is 31.4. The smallest absolute Gasteiger partial charge is 0.326 e. The highest BCUT2D eigenvalue weighted by Crippen LogP contribution is 2.41. The predicted octanol–water partition coefficient (Wildman–Crippen LogP) is 5.48. The van der Waals surface area contributed by atoms with Gasteiger partial charge in [-0.05, 0) is 54.7 Å². The Morgan fingerprint density at radius 2 is 1.84 bits per heavy atom. The third-order valence-electron chi connectivity index (χ3n) is 8.31. The van der Waals surface area contributed by atoms with Gasteiger partial charge in [0, 0.05) is 62.2 Å². The molecule has 2 aliphatic heterocycles. The second-order valence-corrected chi connectivity index (χ2v) is 11.6. The molecule has 2 atom stereocenters. The molecule has 4 amide bonds. The van der Waals surface area contributed by atoms with Crippen LogP contribution in [0, 0.1) is 18.7 Å². The Kier molecular flexibility index (Phi) is 9.53. The standard InChI is InChI=1S/C33H36ClFN4O5/c1-19-22(9-6-12-28(19)37-31(40)26-17-38(2)33(42)39(3)32(26)41)24-11-5-10-23(30(24)34)20-14-27(35)25(29(15-20)43-4)16-36-21-8-7-13-44-18-21/h5-6,9-12,14-15,21,26,36H,7-8,13,16-18H2,1-4H3,(H,37,40)/t21-,26?/m1/s1. The van der Waals surface area contributed by atoms with E-state index in [0.717, 1.165) is 35.5 Å². The second kappa shape index (κ2) is 13.3. The van der Waals surface area contributed by atoms with Gasteiger partial charge in [0.15, 0.2) is 0 Å². The Morgan fingerprint density at radius 1 is 1.11 bits per heavy atom. The number of amides is 4. The van der Waals surface area contributed by atoms with E-state index in [1.54, 1.807) is 25.2 Å². The number of nitrogens with one attached hydrogen (secondary N) is 2. The highest BCUT2D eigenvalue weighted by molar-refractivity contribution is 6.36. The van der Waals surface area contributed by atoms with E-state index in [-0.39, 0.29) is 12.6 Å². The molecule has 1 unspecified atom stereocenters. The number of hydrogen-bond acceptors (Lipinski definition) is 6. The van der Waals surface area contributed by atoms with Gasteiger partial charge >= 0.3 is 6.03 Å². The maximum atomic E-state index is 15.5. The molecular formula is C33H36ClFN4O5. The fourth-order valence-corrected chi connectivity index (χ4v) is 6.06. The summed E-state index contributed by atoms with van der Waals surface area (Å²) in [6.45, 7) is 3.50. The molecule has 0 bridgehead atoms. The van der Waals surface area contributed by atoms with Crippen LogP contribution in [0.3, 0.4) is 0 Å². The molecular weight excluding hydrogens is 587 g/mol. The van der Waals surface area contributed by atoms with Crippen molar-refractivity contribution in [2.24, 2.45) is 5.92 Å². The van der Waals surface area contributed by atoms with Crippen LogP contribution in [-0.4, -0.2) is 74.7 Å². The van der Waals surface area contributed by atoms with E-state index < -0.39 is 29.6 Å². The molecule has 0 spiro atoms. The zero-order chi connectivity index (χ0) is 31.5. The first-order valence-electron chi connectivity index (χ1n) is 14.5. The number of carbonyl (C=O) groups excluding carboxylic acids is 3. The molecule has 2 fully saturated rings. The molecule has 2 aliphatic rings. The van der Waals surface area contributed by atoms with Crippen LogP contribution in [0.4, 0.5) is 14.9 Å². The highest BCUT2D eigenvalue weighted by atomic mass is 35.5. The summed E-state index contributed by atoms with van der Waals surface area (Å²) < 4.78 is 26.6. The minimum absolute atomic E-state index is 0.00960. The molecule has 5 rings (SSSR count). The second-order valence-electron chi connectivity index (χ2n) is 11.2. The lowest BCUT2D eigenvalue weighted by atomic mass is 9.94. The fraction of sp³-hybridized carbons (Fsp3) is 0.364. The molecule has 9 nitrogen and oxygen atoms in total. The number of hydrogen-bond donors (Lipinski definition) is 2. The zero-order valence-corrected chi connectivity index (χ0v) is 26.0. The van der Waals surface area contributed by atoms with Crippen molar-refractivity contribution in [2.45, 2.75) is 32.4 Å². The quantitative estimate of drug-likeness (QED) is 0.323. The van der Waals surface area contributed by atoms with E-state index in [0.29, 0.717) is 51.9 Å². The number of anilines is 1. The third-order valence-corrected chi connectivity index (χ3v) is 8.72. The molecule has 2 N–H and O–H groups in total. The Bertz CT molecular complexity index is 1590. The molecule has 0 radical (unpaired) electrons. The topological polar surface area (TPSA) is 100 Å². The molecule has 232 valence electrons. The molecule has 44 heavy (non-hydrogen) atoms. The van der Waals surface area contributed by atoms with E-state index in [9.17, 15) is 14.4 Å². The number of carbonyl (C=O) groups is 3. The van der Waals surface area contributed by atoms with Crippen LogP contribution in [0.1, 0.15) is 24.0 Å². The first-order chi connectivity index (χ1) is 21.1. The molecule has 2 heterocycles. The van der Waals surface area contributed by atoms with Gasteiger partial charge in [-0.3, -0.25) is 14.5 Å². The third kappa shape index (κ3) is 6.29. The maximum Gasteiger partial charge on any atom is 0.326 e. The van der Waals surface area contributed by atoms with Gasteiger partial charge in [0.05, 0.1) is 18.7 Å². The van der Waals surface area contributed by atoms with Crippen LogP contribution < -0.4 is 15.4 Å². The van der Waals surface area contributed by atoms with E-state index in [2.05, 4.69) is 10.6 Å². The highest BCUT2D eigenvalue weighted by Gasteiger charge is 2.39. The molecule has 0 saturated carbocycles. The van der Waals surface area contributed by atoms with Gasteiger partial charge in [0.2, 0.25) is 11.8 Å². The number of halogens is 2. The summed E-state index contributed by atoms with van der Waals surface area (Å²) in [5, 5.41) is 6.64. The average molecular weight is 623 g/mol. The molecule has 0 aliphatic carbocycles. The number of methoxy groups -OCH3 is 1. The van der Waals surface area contributed by atoms with E-state index >= 15 is 4.39 Å². The minimum Gasteiger partial charge on any atom is -0.496 e. The summed E-state index contributed by atoms with van der Waals surface area (Å²) in [7, 11) is 4.42. The summed E-state index contributed by atoms with van der Waals surface area (Å²) >= 11 is 6.98. The van der Waals surface area contributed by atoms with Crippen molar-refractivity contribution in [2.75, 3.05) is 46.3 Å². The van der Waals surface area contributed by atoms with Crippen molar-refractivity contribution in [3.8, 4) is 28.0 Å². The summed E-state index contributed by atoms with van der Waals surface area (Å²) in [5.74, 6) is -2.07. The van der Waals surface area contributed by atoms with Crippen molar-refractivity contribution in [3.63, 3.8) is 0 Å². The molecule has 0 aromatic heterocycles. The molecule has 3 aromatic rings. The van der Waals surface area contributed by atoms with Gasteiger partial charge < -0.3 is 25.0 Å². The molecule has 3 aromatic carbocycles. The van der Waals surface area contributed by atoms with Crippen LogP contribution in [0.15, 0.2) is 48.5 Å². The number of benzene rings is 3. The lowest BCUT2D eigenvalue weighted by Gasteiger charge is -2.33. The molecule has 11 heteroatoms. The Hall–Kier alpha value is -3.99. The van der Waals surface area contributed by atoms with Crippen molar-refractivity contribution in [3.05, 3.63) is 70.5 Å². The van der Waals surface area contributed by atoms with Gasteiger partial charge in [0.25, 0.3) is 0 Å². The van der Waals surface area contributed by atoms with Crippen molar-refractivity contribution in [1.29, 1.82) is 0 Å². The monoisotopic (exact) mass is 622 g/mol. The summed E-state index contributed by atoms with van der Waals surface area (Å²) in [4.78, 5) is 40.2. The van der Waals surface area contributed by atoms with E-state index in [1.165, 1.54) is 25.1 Å². The first-order valence-corrected chi connectivity index (χ1v) is 14.9. The lowest BCUT2D eigenvalue weighted by molar-refractivity contribution is -0.140. The lowest BCUT2D eigenvalue weighted by Crippen LogP contribution is -2.56. The SMILES string of the molecule is COc1cc(-c2cccc(-c3cccc(NC(=O)C4CN(C)C(=O)N(C)C4=O)c3C)c2Cl)cc(F)c1CN[C@@H]1CCCOC1. The number of nitrogens with zero attached hydrogens (tertiary/aromatic N) is 2. The van der Waals surface area contributed by atoms with Crippen LogP contribution in [0.2, 0.25) is 5.02 Å². The van der Waals surface area contributed by atoms with Gasteiger partial charge in [-0.15, -0.1) is 0 Å². The Labute approximate surface area is 261 Å². The normalized spacial score (nSPS) is 18.9. The summed E-state index contributed by atoms with van der Waals surface area (Å²) in [5.41, 5.74) is 4.33. The number of imide groups is 1. The maximum absolute atomic E-state index is 15.5. The Balaban J connectivity index is 1.41. The fourth-order valence-electron chi connectivity index (χ4n) is 5.72. The van der Waals surface area contributed by atoms with Gasteiger partial charge in [-0.25, -0.2) is 9.18 Å². The summed E-state index contributed by atoms with van der Waals surface area (Å²) in [6.07, 6.45) is 1.94. The van der Waals surface area contributed by atoms with E-state index in [1.807, 2.05) is 31.2 Å². The van der Waals surface area contributed by atoms with Crippen molar-refractivity contribution in [1.82, 2.24) is 15.1 Å². The number of ether oxygens (including phenoxy) is 2. The number of rotatable bonds is 8. The van der Waals surface area contributed by atoms with Gasteiger partial charge in [0.1, 0.15) is 17.5 Å². The van der Waals surface area contributed by atoms with Crippen molar-refractivity contribution >= 4 is 35.1 Å². The largest absolute Gasteiger partial charge is 0.496 e. The van der Waals surface area contributed by atoms with Crippen LogP contribution in [0.5, 0.6) is 5.75 Å². The molecule has 2 saturated heterocycles. The van der Waals surface area contributed by atoms with Crippen LogP contribution >= 0.6 is 11.6 Å². The minimum atomic E-state index is -1.03. The number of urea groups is 1. The van der Waals surface area contributed by atoms with Crippen LogP contribution in [-0.2, 0) is 20.9 Å². The van der Waals surface area contributed by atoms with Crippen LogP contribution in [0.25, 0.3) is 22.3 Å². The van der Waals surface area contributed by atoms with Crippen molar-refractivity contribution < 1.29 is 28.2 Å². The Morgan fingerprint density at radius 3 is 2.57 bits per heavy atom. The predicted molar refractivity (Wildman–Crippen MR) is 167 cm³/mol. The zero-order valence-electron chi connectivity index (χ0n) is 25.2. The van der Waals surface area contributed by atoms with Gasteiger partial charge in [-0.2, -0.15) is 0 Å². The summed E-state index contributed by atoms with van der Waals surface area (Å²) in [6, 6.07) is 13.9.